The average molecular weight is 589 g/mol. The molecule has 1 atom stereocenters. The maximum absolute atomic E-state index is 13.9. The van der Waals surface area contributed by atoms with Crippen LogP contribution in [0.5, 0.6) is 5.75 Å². The molecule has 0 bridgehead atoms. The second-order valence-electron chi connectivity index (χ2n) is 9.63. The fraction of sp³-hybridized carbons (Fsp3) is 0.233. The van der Waals surface area contributed by atoms with Crippen LogP contribution < -0.4 is 24.5 Å². The summed E-state index contributed by atoms with van der Waals surface area (Å²) in [7, 11) is 5.33. The lowest BCUT2D eigenvalue weighted by atomic mass is 9.95. The Morgan fingerprint density at radius 1 is 1.19 bits per heavy atom. The number of anilines is 1. The van der Waals surface area contributed by atoms with Crippen molar-refractivity contribution in [3.05, 3.63) is 107 Å². The first-order chi connectivity index (χ1) is 20.1. The molecule has 12 heteroatoms. The lowest BCUT2D eigenvalue weighted by Gasteiger charge is -2.25. The third-order valence-corrected chi connectivity index (χ3v) is 7.78. The van der Waals surface area contributed by atoms with E-state index >= 15 is 0 Å². The first-order valence-corrected chi connectivity index (χ1v) is 13.8. The van der Waals surface area contributed by atoms with Crippen molar-refractivity contribution >= 4 is 34.8 Å². The molecule has 4 aromatic rings. The molecular formula is C30H28N4O7S. The van der Waals surface area contributed by atoms with E-state index in [-0.39, 0.29) is 17.9 Å². The van der Waals surface area contributed by atoms with E-state index in [0.29, 0.717) is 43.4 Å². The smallest absolute Gasteiger partial charge is 0.338 e. The number of nitrogens with zero attached hydrogens (tertiary/aromatic N) is 4. The van der Waals surface area contributed by atoms with Gasteiger partial charge in [0.1, 0.15) is 17.3 Å². The van der Waals surface area contributed by atoms with Crippen LogP contribution in [0.4, 0.5) is 11.4 Å². The number of fused-ring (bicyclic) bond motifs is 1. The quantitative estimate of drug-likeness (QED) is 0.171. The number of furan rings is 1. The molecule has 0 spiro atoms. The number of allylic oxidation sites excluding steroid dienone is 1. The number of nitro benzene ring substituents is 1. The Bertz CT molecular complexity index is 1900. The monoisotopic (exact) mass is 588 g/mol. The van der Waals surface area contributed by atoms with Gasteiger partial charge in [0.25, 0.3) is 11.2 Å². The molecule has 0 amide bonds. The maximum atomic E-state index is 13.9. The second kappa shape index (κ2) is 11.5. The number of aromatic nitrogens is 1. The number of hydrogen-bond acceptors (Lipinski definition) is 10. The highest BCUT2D eigenvalue weighted by Crippen LogP contribution is 2.35. The summed E-state index contributed by atoms with van der Waals surface area (Å²) in [5.41, 5.74) is 2.43. The third-order valence-electron chi connectivity index (χ3n) is 6.80. The van der Waals surface area contributed by atoms with Gasteiger partial charge in [0.2, 0.25) is 0 Å². The number of benzene rings is 2. The summed E-state index contributed by atoms with van der Waals surface area (Å²) >= 11 is 1.17. The standard InChI is InChI=1S/C30H28N4O7S/c1-6-40-29(36)26-17(2)31-30-33(27(26)18-7-9-19(10-8-18)32(3)4)28(35)25(42-30)16-21-12-14-24(41-21)22-15-20(34(37)38)11-13-23(22)39-5/h7-16,27H,6H2,1-5H3/b25-16-. The summed E-state index contributed by atoms with van der Waals surface area (Å²) in [6, 6.07) is 14.4. The normalized spacial score (nSPS) is 14.8. The van der Waals surface area contributed by atoms with Crippen LogP contribution in [-0.4, -0.2) is 43.3 Å². The Balaban J connectivity index is 1.62. The topological polar surface area (TPSA) is 129 Å². The molecule has 0 fully saturated rings. The summed E-state index contributed by atoms with van der Waals surface area (Å²) in [6.45, 7) is 3.64. The Morgan fingerprint density at radius 3 is 2.57 bits per heavy atom. The molecule has 11 nitrogen and oxygen atoms in total. The minimum Gasteiger partial charge on any atom is -0.496 e. The average Bonchev–Trinajstić information content (AvgIpc) is 3.56. The van der Waals surface area contributed by atoms with Gasteiger partial charge >= 0.3 is 5.97 Å². The molecule has 0 saturated carbocycles. The molecule has 1 aliphatic heterocycles. The van der Waals surface area contributed by atoms with E-state index in [1.807, 2.05) is 43.3 Å². The van der Waals surface area contributed by atoms with Crippen LogP contribution in [0.15, 0.2) is 80.1 Å². The van der Waals surface area contributed by atoms with Gasteiger partial charge in [-0.2, -0.15) is 0 Å². The summed E-state index contributed by atoms with van der Waals surface area (Å²) < 4.78 is 18.6. The Labute approximate surface area is 244 Å². The summed E-state index contributed by atoms with van der Waals surface area (Å²) in [4.78, 5) is 44.8. The van der Waals surface area contributed by atoms with Crippen LogP contribution in [0.3, 0.4) is 0 Å². The van der Waals surface area contributed by atoms with Gasteiger partial charge in [0.15, 0.2) is 4.80 Å². The van der Waals surface area contributed by atoms with Gasteiger partial charge in [0, 0.05) is 38.0 Å². The van der Waals surface area contributed by atoms with Gasteiger partial charge in [-0.3, -0.25) is 19.5 Å². The van der Waals surface area contributed by atoms with Gasteiger partial charge in [-0.25, -0.2) is 9.79 Å². The SMILES string of the molecule is CCOC(=O)C1=C(C)N=c2s/c(=C\c3ccc(-c4cc([N+](=O)[O-])ccc4OC)o3)c(=O)n2C1c1ccc(N(C)C)cc1. The van der Waals surface area contributed by atoms with Gasteiger partial charge in [-0.05, 0) is 49.7 Å². The van der Waals surface area contributed by atoms with Crippen molar-refractivity contribution in [1.29, 1.82) is 0 Å². The van der Waals surface area contributed by atoms with E-state index in [1.54, 1.807) is 32.1 Å². The van der Waals surface area contributed by atoms with Crippen molar-refractivity contribution in [1.82, 2.24) is 4.57 Å². The molecule has 0 aliphatic carbocycles. The molecule has 5 rings (SSSR count). The van der Waals surface area contributed by atoms with Crippen LogP contribution in [-0.2, 0) is 9.53 Å². The van der Waals surface area contributed by atoms with Gasteiger partial charge in [-0.15, -0.1) is 0 Å². The van der Waals surface area contributed by atoms with Gasteiger partial charge in [-0.1, -0.05) is 23.5 Å². The molecule has 0 N–H and O–H groups in total. The van der Waals surface area contributed by atoms with Crippen molar-refractivity contribution in [2.75, 3.05) is 32.7 Å². The molecule has 0 saturated heterocycles. The number of thiazole rings is 1. The number of ether oxygens (including phenoxy) is 2. The number of methoxy groups -OCH3 is 1. The van der Waals surface area contributed by atoms with Crippen LogP contribution in [0, 0.1) is 10.1 Å². The second-order valence-corrected chi connectivity index (χ2v) is 10.6. The minimum absolute atomic E-state index is 0.108. The zero-order valence-corrected chi connectivity index (χ0v) is 24.4. The fourth-order valence-corrected chi connectivity index (χ4v) is 5.79. The number of carbonyl (C=O) groups is 1. The highest BCUT2D eigenvalue weighted by molar-refractivity contribution is 7.07. The molecule has 1 aliphatic rings. The van der Waals surface area contributed by atoms with Gasteiger partial charge in [0.05, 0.1) is 46.0 Å². The maximum Gasteiger partial charge on any atom is 0.338 e. The number of esters is 1. The first-order valence-electron chi connectivity index (χ1n) is 13.0. The van der Waals surface area contributed by atoms with E-state index in [2.05, 4.69) is 4.99 Å². The largest absolute Gasteiger partial charge is 0.496 e. The third kappa shape index (κ3) is 5.23. The van der Waals surface area contributed by atoms with Crippen molar-refractivity contribution in [3.63, 3.8) is 0 Å². The highest BCUT2D eigenvalue weighted by atomic mass is 32.1. The summed E-state index contributed by atoms with van der Waals surface area (Å²) in [5.74, 6) is 0.574. The van der Waals surface area contributed by atoms with E-state index in [4.69, 9.17) is 13.9 Å². The fourth-order valence-electron chi connectivity index (χ4n) is 4.77. The molecule has 0 radical (unpaired) electrons. The number of nitro groups is 1. The number of non-ortho nitro benzene ring substituents is 1. The van der Waals surface area contributed by atoms with E-state index < -0.39 is 16.9 Å². The van der Waals surface area contributed by atoms with Crippen LogP contribution in [0.25, 0.3) is 17.4 Å². The first kappa shape index (κ1) is 28.6. The van der Waals surface area contributed by atoms with E-state index in [0.717, 1.165) is 11.3 Å². The molecule has 3 heterocycles. The van der Waals surface area contributed by atoms with Gasteiger partial charge < -0.3 is 18.8 Å². The zero-order chi connectivity index (χ0) is 30.1. The predicted octanol–water partition coefficient (Wildman–Crippen LogP) is 4.04. The van der Waals surface area contributed by atoms with Crippen LogP contribution in [0.2, 0.25) is 0 Å². The Morgan fingerprint density at radius 2 is 1.93 bits per heavy atom. The lowest BCUT2D eigenvalue weighted by molar-refractivity contribution is -0.384. The molecule has 2 aromatic carbocycles. The van der Waals surface area contributed by atoms with Crippen molar-refractivity contribution < 1.29 is 23.6 Å². The molecule has 216 valence electrons. The van der Waals surface area contributed by atoms with Crippen molar-refractivity contribution in [2.45, 2.75) is 19.9 Å². The predicted molar refractivity (Wildman–Crippen MR) is 159 cm³/mol. The number of carbonyl (C=O) groups excluding carboxylic acids is 1. The molecule has 1 unspecified atom stereocenters. The summed E-state index contributed by atoms with van der Waals surface area (Å²) in [6.07, 6.45) is 1.59. The highest BCUT2D eigenvalue weighted by Gasteiger charge is 2.33. The van der Waals surface area contributed by atoms with E-state index in [9.17, 15) is 19.7 Å². The zero-order valence-electron chi connectivity index (χ0n) is 23.6. The Hall–Kier alpha value is -4.97. The number of hydrogen-bond donors (Lipinski definition) is 0. The number of rotatable bonds is 8. The lowest BCUT2D eigenvalue weighted by Crippen LogP contribution is -2.39. The Kier molecular flexibility index (Phi) is 7.81. The summed E-state index contributed by atoms with van der Waals surface area (Å²) in [5, 5.41) is 11.3. The van der Waals surface area contributed by atoms with Crippen LogP contribution >= 0.6 is 11.3 Å². The molecule has 42 heavy (non-hydrogen) atoms. The minimum atomic E-state index is -0.736. The molecule has 2 aromatic heterocycles. The van der Waals surface area contributed by atoms with E-state index in [1.165, 1.54) is 41.2 Å². The van der Waals surface area contributed by atoms with Crippen LogP contribution in [0.1, 0.15) is 31.2 Å². The van der Waals surface area contributed by atoms with Crippen molar-refractivity contribution in [3.8, 4) is 17.1 Å². The molecular weight excluding hydrogens is 560 g/mol. The van der Waals surface area contributed by atoms with Crippen molar-refractivity contribution in [2.24, 2.45) is 4.99 Å².